The van der Waals surface area contributed by atoms with Crippen molar-refractivity contribution in [2.45, 2.75) is 13.0 Å². The van der Waals surface area contributed by atoms with Gasteiger partial charge in [0.2, 0.25) is 0 Å². The first-order chi connectivity index (χ1) is 7.74. The first kappa shape index (κ1) is 10.7. The molecule has 1 N–H and O–H groups in total. The van der Waals surface area contributed by atoms with Gasteiger partial charge in [0, 0.05) is 0 Å². The molecule has 16 heavy (non-hydrogen) atoms. The van der Waals surface area contributed by atoms with Gasteiger partial charge in [-0.15, -0.1) is 0 Å². The van der Waals surface area contributed by atoms with Crippen molar-refractivity contribution < 1.29 is 14.7 Å². The molecule has 1 heterocycles. The number of aliphatic carboxylic acids is 1. The van der Waals surface area contributed by atoms with Gasteiger partial charge in [0.05, 0.1) is 12.3 Å². The summed E-state index contributed by atoms with van der Waals surface area (Å²) in [4.78, 5) is 16.5. The van der Waals surface area contributed by atoms with Gasteiger partial charge in [-0.05, 0) is 24.6 Å². The average Bonchev–Trinajstić information content (AvgIpc) is 2.29. The maximum atomic E-state index is 11.1. The topological polar surface area (TPSA) is 49.8 Å². The molecule has 4 heteroatoms. The number of anilines is 1. The van der Waals surface area contributed by atoms with E-state index in [-0.39, 0.29) is 0 Å². The second kappa shape index (κ2) is 4.37. The minimum absolute atomic E-state index is 0.436. The molecule has 1 unspecified atom stereocenters. The summed E-state index contributed by atoms with van der Waals surface area (Å²) < 4.78 is 0. The fourth-order valence-corrected chi connectivity index (χ4v) is 1.72. The summed E-state index contributed by atoms with van der Waals surface area (Å²) >= 11 is 0. The largest absolute Gasteiger partial charge is 0.479 e. The van der Waals surface area contributed by atoms with Gasteiger partial charge in [-0.25, -0.2) is 9.86 Å². The van der Waals surface area contributed by atoms with Gasteiger partial charge in [-0.1, -0.05) is 24.3 Å². The van der Waals surface area contributed by atoms with Gasteiger partial charge in [0.1, 0.15) is 0 Å². The summed E-state index contributed by atoms with van der Waals surface area (Å²) in [7, 11) is 0. The number of carboxylic acids is 1. The fourth-order valence-electron chi connectivity index (χ4n) is 1.72. The molecule has 0 amide bonds. The van der Waals surface area contributed by atoms with Gasteiger partial charge in [-0.3, -0.25) is 4.84 Å². The van der Waals surface area contributed by atoms with Crippen molar-refractivity contribution in [3.63, 3.8) is 0 Å². The molecule has 1 aliphatic rings. The third-order valence-corrected chi connectivity index (χ3v) is 2.41. The molecule has 1 aromatic carbocycles. The molecule has 0 saturated heterocycles. The van der Waals surface area contributed by atoms with E-state index >= 15 is 0 Å². The predicted molar refractivity (Wildman–Crippen MR) is 61.0 cm³/mol. The quantitative estimate of drug-likeness (QED) is 0.843. The van der Waals surface area contributed by atoms with Crippen LogP contribution in [0.25, 0.3) is 6.08 Å². The lowest BCUT2D eigenvalue weighted by molar-refractivity contribution is -0.139. The smallest absolute Gasteiger partial charge is 0.332 e. The van der Waals surface area contributed by atoms with E-state index in [1.165, 1.54) is 5.06 Å². The van der Waals surface area contributed by atoms with E-state index in [0.29, 0.717) is 6.61 Å². The maximum Gasteiger partial charge on any atom is 0.332 e. The number of para-hydroxylation sites is 1. The molecule has 4 nitrogen and oxygen atoms in total. The van der Waals surface area contributed by atoms with Crippen LogP contribution in [0.3, 0.4) is 0 Å². The number of benzene rings is 1. The minimum Gasteiger partial charge on any atom is -0.479 e. The number of hydrogen-bond acceptors (Lipinski definition) is 3. The van der Waals surface area contributed by atoms with Gasteiger partial charge in [-0.2, -0.15) is 0 Å². The number of carbonyl (C=O) groups is 1. The van der Waals surface area contributed by atoms with Crippen LogP contribution in [0.15, 0.2) is 30.3 Å². The third kappa shape index (κ3) is 1.79. The Bertz CT molecular complexity index is 428. The number of nitrogens with zero attached hydrogens (tertiary/aromatic N) is 1. The van der Waals surface area contributed by atoms with Crippen molar-refractivity contribution in [2.75, 3.05) is 11.7 Å². The van der Waals surface area contributed by atoms with Crippen LogP contribution in [0.4, 0.5) is 5.69 Å². The van der Waals surface area contributed by atoms with E-state index in [1.807, 2.05) is 37.3 Å². The number of fused-ring (bicyclic) bond motifs is 1. The summed E-state index contributed by atoms with van der Waals surface area (Å²) in [6.07, 6.45) is 3.43. The predicted octanol–water partition coefficient (Wildman–Crippen LogP) is 1.92. The molecule has 2 rings (SSSR count). The number of carboxylic acid groups (broad SMARTS) is 1. The summed E-state index contributed by atoms with van der Waals surface area (Å²) in [6, 6.07) is 6.80. The molecule has 84 valence electrons. The van der Waals surface area contributed by atoms with E-state index in [1.54, 1.807) is 6.08 Å². The van der Waals surface area contributed by atoms with Gasteiger partial charge in [0.25, 0.3) is 0 Å². The van der Waals surface area contributed by atoms with E-state index in [0.717, 1.165) is 11.3 Å². The summed E-state index contributed by atoms with van der Waals surface area (Å²) in [5.74, 6) is -0.917. The normalized spacial score (nSPS) is 18.3. The average molecular weight is 219 g/mol. The Morgan fingerprint density at radius 3 is 2.94 bits per heavy atom. The minimum atomic E-state index is -0.917. The second-order valence-electron chi connectivity index (χ2n) is 3.44. The van der Waals surface area contributed by atoms with Crippen molar-refractivity contribution in [3.8, 4) is 0 Å². The molecule has 1 aromatic rings. The summed E-state index contributed by atoms with van der Waals surface area (Å²) in [5, 5.41) is 10.5. The number of rotatable bonds is 3. The van der Waals surface area contributed by atoms with E-state index in [4.69, 9.17) is 9.94 Å². The molecule has 1 aliphatic heterocycles. The Balaban J connectivity index is 2.41. The summed E-state index contributed by atoms with van der Waals surface area (Å²) in [6.45, 7) is 2.27. The molecule has 0 bridgehead atoms. The van der Waals surface area contributed by atoms with Crippen LogP contribution in [0.2, 0.25) is 0 Å². The van der Waals surface area contributed by atoms with Gasteiger partial charge < -0.3 is 5.11 Å². The number of hydroxylamine groups is 1. The Morgan fingerprint density at radius 2 is 2.25 bits per heavy atom. The zero-order valence-corrected chi connectivity index (χ0v) is 8.96. The van der Waals surface area contributed by atoms with Crippen LogP contribution in [0, 0.1) is 0 Å². The molecule has 0 aliphatic carbocycles. The van der Waals surface area contributed by atoms with Crippen LogP contribution < -0.4 is 5.06 Å². The molecule has 0 aromatic heterocycles. The lowest BCUT2D eigenvalue weighted by atomic mass is 10.1. The maximum absolute atomic E-state index is 11.1. The van der Waals surface area contributed by atoms with Crippen LogP contribution >= 0.6 is 0 Å². The molecule has 0 fully saturated rings. The van der Waals surface area contributed by atoms with E-state index in [2.05, 4.69) is 0 Å². The van der Waals surface area contributed by atoms with Gasteiger partial charge in [0.15, 0.2) is 6.04 Å². The monoisotopic (exact) mass is 219 g/mol. The van der Waals surface area contributed by atoms with Crippen LogP contribution in [0.1, 0.15) is 12.5 Å². The first-order valence-corrected chi connectivity index (χ1v) is 5.16. The molecule has 0 radical (unpaired) electrons. The van der Waals surface area contributed by atoms with E-state index in [9.17, 15) is 4.79 Å². The molecular weight excluding hydrogens is 206 g/mol. The molecular formula is C12H13NO3. The standard InChI is InChI=1S/C12H13NO3/c1-2-16-13-10-6-4-3-5-9(10)7-8-11(13)12(14)15/h3-8,11H,2H2,1H3,(H,14,15). The fraction of sp³-hybridized carbons (Fsp3) is 0.250. The van der Waals surface area contributed by atoms with Crippen LogP contribution in [0.5, 0.6) is 0 Å². The van der Waals surface area contributed by atoms with E-state index < -0.39 is 12.0 Å². The lowest BCUT2D eigenvalue weighted by Crippen LogP contribution is -2.41. The highest BCUT2D eigenvalue weighted by molar-refractivity contribution is 5.86. The van der Waals surface area contributed by atoms with Crippen molar-refractivity contribution in [3.05, 3.63) is 35.9 Å². The summed E-state index contributed by atoms with van der Waals surface area (Å²) in [5.41, 5.74) is 1.76. The lowest BCUT2D eigenvalue weighted by Gasteiger charge is -2.31. The van der Waals surface area contributed by atoms with Crippen molar-refractivity contribution in [2.24, 2.45) is 0 Å². The van der Waals surface area contributed by atoms with Crippen molar-refractivity contribution in [1.29, 1.82) is 0 Å². The third-order valence-electron chi connectivity index (χ3n) is 2.41. The zero-order valence-electron chi connectivity index (χ0n) is 8.96. The Hall–Kier alpha value is -1.81. The second-order valence-corrected chi connectivity index (χ2v) is 3.44. The molecule has 0 saturated carbocycles. The SMILES string of the molecule is CCON1c2ccccc2C=CC1C(=O)O. The van der Waals surface area contributed by atoms with Gasteiger partial charge >= 0.3 is 5.97 Å². The van der Waals surface area contributed by atoms with Crippen molar-refractivity contribution >= 4 is 17.7 Å². The van der Waals surface area contributed by atoms with Crippen LogP contribution in [-0.2, 0) is 9.63 Å². The Morgan fingerprint density at radius 1 is 1.50 bits per heavy atom. The highest BCUT2D eigenvalue weighted by Crippen LogP contribution is 2.28. The highest BCUT2D eigenvalue weighted by Gasteiger charge is 2.28. The Kier molecular flexibility index (Phi) is 2.92. The molecule has 1 atom stereocenters. The van der Waals surface area contributed by atoms with Crippen LogP contribution in [-0.4, -0.2) is 23.7 Å². The van der Waals surface area contributed by atoms with Crippen molar-refractivity contribution in [1.82, 2.24) is 0 Å². The first-order valence-electron chi connectivity index (χ1n) is 5.16. The number of hydrogen-bond donors (Lipinski definition) is 1. The zero-order chi connectivity index (χ0) is 11.5. The highest BCUT2D eigenvalue weighted by atomic mass is 16.7. The Labute approximate surface area is 93.7 Å². The molecule has 0 spiro atoms.